The average Bonchev–Trinajstić information content (AvgIpc) is 3.42. The van der Waals surface area contributed by atoms with Gasteiger partial charge in [0.1, 0.15) is 6.54 Å². The zero-order valence-corrected chi connectivity index (χ0v) is 18.7. The van der Waals surface area contributed by atoms with E-state index in [-0.39, 0.29) is 30.3 Å². The molecule has 0 unspecified atom stereocenters. The SMILES string of the molecule is COc1ccc([C@@H]2CC(c3cccs3)=NN2C(=O)CN(C)C(=O)C(C)C)cc1OC. The summed E-state index contributed by atoms with van der Waals surface area (Å²) < 4.78 is 10.8. The Hall–Kier alpha value is -2.87. The highest BCUT2D eigenvalue weighted by atomic mass is 32.1. The second-order valence-corrected chi connectivity index (χ2v) is 8.39. The molecule has 0 aliphatic carbocycles. The predicted molar refractivity (Wildman–Crippen MR) is 117 cm³/mol. The molecule has 1 aromatic carbocycles. The smallest absolute Gasteiger partial charge is 0.262 e. The van der Waals surface area contributed by atoms with Crippen LogP contribution < -0.4 is 9.47 Å². The second-order valence-electron chi connectivity index (χ2n) is 7.45. The number of carbonyl (C=O) groups is 2. The number of thiophene rings is 1. The Balaban J connectivity index is 1.91. The van der Waals surface area contributed by atoms with Gasteiger partial charge in [0.05, 0.1) is 30.9 Å². The fourth-order valence-corrected chi connectivity index (χ4v) is 4.17. The van der Waals surface area contributed by atoms with Crippen LogP contribution in [0, 0.1) is 5.92 Å². The molecule has 7 nitrogen and oxygen atoms in total. The van der Waals surface area contributed by atoms with Crippen molar-refractivity contribution in [2.75, 3.05) is 27.8 Å². The minimum absolute atomic E-state index is 0.0258. The zero-order valence-electron chi connectivity index (χ0n) is 17.9. The fraction of sp³-hybridized carbons (Fsp3) is 0.409. The third-order valence-corrected chi connectivity index (χ3v) is 5.93. The Morgan fingerprint density at radius 3 is 2.57 bits per heavy atom. The lowest BCUT2D eigenvalue weighted by Gasteiger charge is -2.26. The van der Waals surface area contributed by atoms with Crippen LogP contribution in [0.2, 0.25) is 0 Å². The third-order valence-electron chi connectivity index (χ3n) is 5.01. The number of hydrogen-bond donors (Lipinski definition) is 0. The number of hydrogen-bond acceptors (Lipinski definition) is 6. The van der Waals surface area contributed by atoms with Crippen LogP contribution in [-0.4, -0.2) is 55.2 Å². The van der Waals surface area contributed by atoms with Gasteiger partial charge in [-0.15, -0.1) is 11.3 Å². The van der Waals surface area contributed by atoms with Gasteiger partial charge in [-0.3, -0.25) is 9.59 Å². The van der Waals surface area contributed by atoms with Crippen LogP contribution >= 0.6 is 11.3 Å². The Bertz CT molecular complexity index is 940. The number of likely N-dealkylation sites (N-methyl/N-ethyl adjacent to an activating group) is 1. The van der Waals surface area contributed by atoms with Crippen LogP contribution in [0.1, 0.15) is 36.8 Å². The second kappa shape index (κ2) is 9.30. The molecule has 1 aliphatic rings. The fourth-order valence-electron chi connectivity index (χ4n) is 3.45. The Morgan fingerprint density at radius 1 is 1.23 bits per heavy atom. The molecule has 1 atom stereocenters. The van der Waals surface area contributed by atoms with E-state index in [4.69, 9.17) is 9.47 Å². The monoisotopic (exact) mass is 429 g/mol. The number of nitrogens with zero attached hydrogens (tertiary/aromatic N) is 3. The Labute approximate surface area is 180 Å². The maximum atomic E-state index is 13.1. The molecule has 3 rings (SSSR count). The van der Waals surface area contributed by atoms with E-state index < -0.39 is 0 Å². The van der Waals surface area contributed by atoms with Crippen molar-refractivity contribution in [2.24, 2.45) is 11.0 Å². The molecule has 0 saturated carbocycles. The van der Waals surface area contributed by atoms with Crippen molar-refractivity contribution in [3.8, 4) is 11.5 Å². The van der Waals surface area contributed by atoms with Gasteiger partial charge < -0.3 is 14.4 Å². The summed E-state index contributed by atoms with van der Waals surface area (Å²) in [6.07, 6.45) is 0.587. The van der Waals surface area contributed by atoms with Gasteiger partial charge in [0, 0.05) is 19.4 Å². The van der Waals surface area contributed by atoms with Crippen LogP contribution in [0.15, 0.2) is 40.8 Å². The lowest BCUT2D eigenvalue weighted by molar-refractivity contribution is -0.142. The van der Waals surface area contributed by atoms with Crippen molar-refractivity contribution in [1.29, 1.82) is 0 Å². The van der Waals surface area contributed by atoms with Crippen molar-refractivity contribution >= 4 is 28.9 Å². The summed E-state index contributed by atoms with van der Waals surface area (Å²) in [5, 5.41) is 8.13. The summed E-state index contributed by atoms with van der Waals surface area (Å²) in [5.74, 6) is 0.747. The average molecular weight is 430 g/mol. The van der Waals surface area contributed by atoms with E-state index in [1.54, 1.807) is 32.6 Å². The molecule has 0 saturated heterocycles. The summed E-state index contributed by atoms with van der Waals surface area (Å²) in [5.41, 5.74) is 1.75. The van der Waals surface area contributed by atoms with E-state index in [0.717, 1.165) is 16.2 Å². The van der Waals surface area contributed by atoms with Crippen molar-refractivity contribution in [3.05, 3.63) is 46.2 Å². The molecular weight excluding hydrogens is 402 g/mol. The number of amides is 2. The third kappa shape index (κ3) is 4.48. The van der Waals surface area contributed by atoms with E-state index in [9.17, 15) is 9.59 Å². The first-order valence-electron chi connectivity index (χ1n) is 9.76. The first kappa shape index (κ1) is 21.8. The van der Waals surface area contributed by atoms with Crippen molar-refractivity contribution in [2.45, 2.75) is 26.3 Å². The molecule has 160 valence electrons. The highest BCUT2D eigenvalue weighted by Crippen LogP contribution is 2.37. The summed E-state index contributed by atoms with van der Waals surface area (Å²) in [4.78, 5) is 27.9. The summed E-state index contributed by atoms with van der Waals surface area (Å²) in [6, 6.07) is 9.30. The van der Waals surface area contributed by atoms with E-state index in [1.807, 2.05) is 49.6 Å². The number of carbonyl (C=O) groups excluding carboxylic acids is 2. The molecule has 1 aromatic heterocycles. The molecule has 0 spiro atoms. The molecule has 30 heavy (non-hydrogen) atoms. The van der Waals surface area contributed by atoms with Crippen LogP contribution in [0.3, 0.4) is 0 Å². The summed E-state index contributed by atoms with van der Waals surface area (Å²) in [6.45, 7) is 3.61. The highest BCUT2D eigenvalue weighted by Gasteiger charge is 2.34. The largest absolute Gasteiger partial charge is 0.493 e. The van der Waals surface area contributed by atoms with E-state index >= 15 is 0 Å². The van der Waals surface area contributed by atoms with E-state index in [0.29, 0.717) is 17.9 Å². The number of benzene rings is 1. The molecule has 0 N–H and O–H groups in total. The number of hydrazone groups is 1. The van der Waals surface area contributed by atoms with Crippen LogP contribution in [0.4, 0.5) is 0 Å². The molecule has 1 aliphatic heterocycles. The van der Waals surface area contributed by atoms with Gasteiger partial charge in [-0.1, -0.05) is 26.0 Å². The molecule has 2 heterocycles. The molecule has 2 aromatic rings. The number of rotatable bonds is 7. The topological polar surface area (TPSA) is 71.4 Å². The Morgan fingerprint density at radius 2 is 1.97 bits per heavy atom. The van der Waals surface area contributed by atoms with Crippen molar-refractivity contribution in [3.63, 3.8) is 0 Å². The zero-order chi connectivity index (χ0) is 21.8. The standard InChI is InChI=1S/C22H27N3O4S/c1-14(2)22(27)24(3)13-21(26)25-17(12-16(23-25)20-7-6-10-30-20)15-8-9-18(28-4)19(11-15)29-5/h6-11,14,17H,12-13H2,1-5H3/t17-/m0/s1. The maximum absolute atomic E-state index is 13.1. The molecule has 8 heteroatoms. The molecule has 0 bridgehead atoms. The van der Waals surface area contributed by atoms with Crippen molar-refractivity contribution in [1.82, 2.24) is 9.91 Å². The normalized spacial score (nSPS) is 15.9. The van der Waals surface area contributed by atoms with E-state index in [2.05, 4.69) is 5.10 Å². The minimum atomic E-state index is -0.281. The maximum Gasteiger partial charge on any atom is 0.262 e. The van der Waals surface area contributed by atoms with Crippen molar-refractivity contribution < 1.29 is 19.1 Å². The molecule has 2 amide bonds. The van der Waals surface area contributed by atoms with Gasteiger partial charge in [0.2, 0.25) is 5.91 Å². The summed E-state index contributed by atoms with van der Waals surface area (Å²) in [7, 11) is 4.81. The Kier molecular flexibility index (Phi) is 6.77. The number of methoxy groups -OCH3 is 2. The quantitative estimate of drug-likeness (QED) is 0.675. The van der Waals surface area contributed by atoms with Gasteiger partial charge in [0.15, 0.2) is 11.5 Å². The van der Waals surface area contributed by atoms with Gasteiger partial charge in [0.25, 0.3) is 5.91 Å². The van der Waals surface area contributed by atoms with Gasteiger partial charge in [-0.05, 0) is 29.1 Å². The molecule has 0 fully saturated rings. The van der Waals surface area contributed by atoms with Gasteiger partial charge in [-0.2, -0.15) is 5.10 Å². The van der Waals surface area contributed by atoms with Crippen LogP contribution in [0.25, 0.3) is 0 Å². The molecule has 0 radical (unpaired) electrons. The predicted octanol–water partition coefficient (Wildman–Crippen LogP) is 3.56. The minimum Gasteiger partial charge on any atom is -0.493 e. The van der Waals surface area contributed by atoms with E-state index in [1.165, 1.54) is 9.91 Å². The van der Waals surface area contributed by atoms with Crippen LogP contribution in [-0.2, 0) is 9.59 Å². The van der Waals surface area contributed by atoms with Crippen LogP contribution in [0.5, 0.6) is 11.5 Å². The highest BCUT2D eigenvalue weighted by molar-refractivity contribution is 7.12. The molecular formula is C22H27N3O4S. The van der Waals surface area contributed by atoms with Gasteiger partial charge in [-0.25, -0.2) is 5.01 Å². The lowest BCUT2D eigenvalue weighted by Crippen LogP contribution is -2.40. The lowest BCUT2D eigenvalue weighted by atomic mass is 10.0. The first-order valence-corrected chi connectivity index (χ1v) is 10.6. The van der Waals surface area contributed by atoms with Gasteiger partial charge >= 0.3 is 0 Å². The summed E-state index contributed by atoms with van der Waals surface area (Å²) >= 11 is 1.59. The number of ether oxygens (including phenoxy) is 2. The first-order chi connectivity index (χ1) is 14.3.